The van der Waals surface area contributed by atoms with Gasteiger partial charge in [0.25, 0.3) is 0 Å². The standard InChI is InChI=1S/C18H28N4O2S/c1-12-6-5-7-16(15(12)4)19-18(25)21-20-17(23)8-9-22-10-13(2)24-14(3)11-22/h5-7,13-14H,8-11H2,1-4H3,(H,20,23)(H2,19,21,25)/t13-,14+. The lowest BCUT2D eigenvalue weighted by Crippen LogP contribution is -2.48. The van der Waals surface area contributed by atoms with E-state index in [1.807, 2.05) is 32.0 Å². The largest absolute Gasteiger partial charge is 0.373 e. The summed E-state index contributed by atoms with van der Waals surface area (Å²) in [4.78, 5) is 14.3. The number of carbonyl (C=O) groups excluding carboxylic acids is 1. The molecule has 1 amide bonds. The van der Waals surface area contributed by atoms with Gasteiger partial charge in [-0.3, -0.25) is 20.5 Å². The monoisotopic (exact) mass is 364 g/mol. The van der Waals surface area contributed by atoms with Crippen LogP contribution in [0.3, 0.4) is 0 Å². The lowest BCUT2D eigenvalue weighted by molar-refractivity contribution is -0.123. The number of thiocarbonyl (C=S) groups is 1. The second kappa shape index (κ2) is 9.12. The lowest BCUT2D eigenvalue weighted by atomic mass is 10.1. The number of anilines is 1. The highest BCUT2D eigenvalue weighted by atomic mass is 32.1. The van der Waals surface area contributed by atoms with Crippen LogP contribution >= 0.6 is 12.2 Å². The Hall–Kier alpha value is -1.70. The molecule has 138 valence electrons. The van der Waals surface area contributed by atoms with Gasteiger partial charge in [-0.2, -0.15) is 0 Å². The highest BCUT2D eigenvalue weighted by Crippen LogP contribution is 2.17. The average molecular weight is 365 g/mol. The third-order valence-corrected chi connectivity index (χ3v) is 4.52. The minimum absolute atomic E-state index is 0.0862. The third kappa shape index (κ3) is 6.26. The number of morpholine rings is 1. The molecule has 0 aromatic heterocycles. The van der Waals surface area contributed by atoms with E-state index < -0.39 is 0 Å². The number of nitrogens with one attached hydrogen (secondary N) is 3. The van der Waals surface area contributed by atoms with Crippen LogP contribution in [0.1, 0.15) is 31.4 Å². The fourth-order valence-corrected chi connectivity index (χ4v) is 3.12. The fraction of sp³-hybridized carbons (Fsp3) is 0.556. The van der Waals surface area contributed by atoms with Crippen molar-refractivity contribution in [3.05, 3.63) is 29.3 Å². The summed E-state index contributed by atoms with van der Waals surface area (Å²) in [5.41, 5.74) is 8.66. The van der Waals surface area contributed by atoms with Gasteiger partial charge in [-0.1, -0.05) is 12.1 Å². The van der Waals surface area contributed by atoms with Crippen molar-refractivity contribution in [1.29, 1.82) is 0 Å². The van der Waals surface area contributed by atoms with E-state index in [1.165, 1.54) is 5.56 Å². The fourth-order valence-electron chi connectivity index (χ4n) is 2.96. The molecule has 0 aliphatic carbocycles. The van der Waals surface area contributed by atoms with E-state index in [-0.39, 0.29) is 18.1 Å². The zero-order valence-electron chi connectivity index (χ0n) is 15.4. The van der Waals surface area contributed by atoms with Crippen LogP contribution in [0.25, 0.3) is 0 Å². The number of hydrazine groups is 1. The van der Waals surface area contributed by atoms with Gasteiger partial charge in [0.15, 0.2) is 5.11 Å². The molecule has 0 unspecified atom stereocenters. The number of ether oxygens (including phenoxy) is 1. The molecule has 1 aromatic carbocycles. The third-order valence-electron chi connectivity index (χ3n) is 4.32. The molecule has 6 nitrogen and oxygen atoms in total. The number of aryl methyl sites for hydroxylation is 1. The van der Waals surface area contributed by atoms with Gasteiger partial charge in [0, 0.05) is 31.7 Å². The predicted octanol–water partition coefficient (Wildman–Crippen LogP) is 2.12. The van der Waals surface area contributed by atoms with Crippen LogP contribution in [0.2, 0.25) is 0 Å². The Labute approximate surface area is 155 Å². The minimum atomic E-state index is -0.0862. The number of nitrogens with zero attached hydrogens (tertiary/aromatic N) is 1. The van der Waals surface area contributed by atoms with Crippen molar-refractivity contribution < 1.29 is 9.53 Å². The van der Waals surface area contributed by atoms with E-state index in [9.17, 15) is 4.79 Å². The van der Waals surface area contributed by atoms with E-state index in [1.54, 1.807) is 0 Å². The highest BCUT2D eigenvalue weighted by Gasteiger charge is 2.22. The molecule has 0 saturated carbocycles. The van der Waals surface area contributed by atoms with Crippen molar-refractivity contribution in [2.45, 2.75) is 46.3 Å². The summed E-state index contributed by atoms with van der Waals surface area (Å²) in [6.07, 6.45) is 0.831. The molecular weight excluding hydrogens is 336 g/mol. The van der Waals surface area contributed by atoms with Crippen molar-refractivity contribution >= 4 is 28.9 Å². The van der Waals surface area contributed by atoms with E-state index in [0.717, 1.165) is 24.3 Å². The van der Waals surface area contributed by atoms with Gasteiger partial charge in [0.05, 0.1) is 12.2 Å². The van der Waals surface area contributed by atoms with Crippen LogP contribution in [0.15, 0.2) is 18.2 Å². The summed E-state index contributed by atoms with van der Waals surface area (Å²) in [5.74, 6) is -0.0862. The van der Waals surface area contributed by atoms with Crippen LogP contribution in [-0.4, -0.2) is 47.8 Å². The Bertz CT molecular complexity index is 613. The Balaban J connectivity index is 1.70. The second-order valence-electron chi connectivity index (χ2n) is 6.64. The summed E-state index contributed by atoms with van der Waals surface area (Å²) in [5, 5.41) is 3.47. The second-order valence-corrected chi connectivity index (χ2v) is 7.05. The number of benzene rings is 1. The number of amides is 1. The molecule has 7 heteroatoms. The Morgan fingerprint density at radius 1 is 1.24 bits per heavy atom. The van der Waals surface area contributed by atoms with E-state index in [4.69, 9.17) is 17.0 Å². The molecule has 3 N–H and O–H groups in total. The molecule has 2 rings (SSSR count). The van der Waals surface area contributed by atoms with E-state index in [0.29, 0.717) is 18.1 Å². The first kappa shape index (κ1) is 19.6. The molecule has 1 aliphatic rings. The summed E-state index contributed by atoms with van der Waals surface area (Å²) in [6.45, 7) is 10.6. The summed E-state index contributed by atoms with van der Waals surface area (Å²) < 4.78 is 5.70. The summed E-state index contributed by atoms with van der Waals surface area (Å²) >= 11 is 5.23. The average Bonchev–Trinajstić information content (AvgIpc) is 2.54. The molecule has 1 heterocycles. The maximum absolute atomic E-state index is 12.0. The number of rotatable bonds is 4. The van der Waals surface area contributed by atoms with Crippen molar-refractivity contribution in [2.75, 3.05) is 25.0 Å². The van der Waals surface area contributed by atoms with Crippen LogP contribution in [0.5, 0.6) is 0 Å². The maximum Gasteiger partial charge on any atom is 0.239 e. The molecule has 25 heavy (non-hydrogen) atoms. The normalized spacial score (nSPS) is 20.8. The van der Waals surface area contributed by atoms with Gasteiger partial charge >= 0.3 is 0 Å². The Morgan fingerprint density at radius 3 is 2.60 bits per heavy atom. The smallest absolute Gasteiger partial charge is 0.239 e. The summed E-state index contributed by atoms with van der Waals surface area (Å²) in [6, 6.07) is 5.97. The van der Waals surface area contributed by atoms with Gasteiger partial charge in [-0.15, -0.1) is 0 Å². The zero-order valence-corrected chi connectivity index (χ0v) is 16.2. The zero-order chi connectivity index (χ0) is 18.4. The Kier molecular flexibility index (Phi) is 7.16. The topological polar surface area (TPSA) is 65.6 Å². The maximum atomic E-state index is 12.0. The number of hydrogen-bond acceptors (Lipinski definition) is 4. The first-order valence-electron chi connectivity index (χ1n) is 8.65. The van der Waals surface area contributed by atoms with Gasteiger partial charge < -0.3 is 10.1 Å². The van der Waals surface area contributed by atoms with Crippen LogP contribution in [0.4, 0.5) is 5.69 Å². The first-order chi connectivity index (χ1) is 11.8. The van der Waals surface area contributed by atoms with Gasteiger partial charge in [0.1, 0.15) is 0 Å². The molecule has 0 radical (unpaired) electrons. The minimum Gasteiger partial charge on any atom is -0.373 e. The molecule has 0 spiro atoms. The predicted molar refractivity (Wildman–Crippen MR) is 104 cm³/mol. The first-order valence-corrected chi connectivity index (χ1v) is 9.06. The quantitative estimate of drug-likeness (QED) is 0.562. The SMILES string of the molecule is Cc1cccc(NC(=S)NNC(=O)CCN2C[C@@H](C)O[C@@H](C)C2)c1C. The molecule has 1 aliphatic heterocycles. The molecular formula is C18H28N4O2S. The van der Waals surface area contributed by atoms with E-state index >= 15 is 0 Å². The van der Waals surface area contributed by atoms with Crippen LogP contribution in [-0.2, 0) is 9.53 Å². The highest BCUT2D eigenvalue weighted by molar-refractivity contribution is 7.80. The van der Waals surface area contributed by atoms with Crippen molar-refractivity contribution in [3.8, 4) is 0 Å². The molecule has 1 aromatic rings. The lowest BCUT2D eigenvalue weighted by Gasteiger charge is -2.35. The van der Waals surface area contributed by atoms with Crippen LogP contribution < -0.4 is 16.2 Å². The van der Waals surface area contributed by atoms with Crippen molar-refractivity contribution in [2.24, 2.45) is 0 Å². The van der Waals surface area contributed by atoms with E-state index in [2.05, 4.69) is 34.9 Å². The number of carbonyl (C=O) groups is 1. The van der Waals surface area contributed by atoms with Crippen LogP contribution in [0, 0.1) is 13.8 Å². The molecule has 0 bridgehead atoms. The summed E-state index contributed by atoms with van der Waals surface area (Å²) in [7, 11) is 0. The van der Waals surface area contributed by atoms with Gasteiger partial charge in [-0.25, -0.2) is 0 Å². The van der Waals surface area contributed by atoms with Crippen molar-refractivity contribution in [1.82, 2.24) is 15.8 Å². The Morgan fingerprint density at radius 2 is 1.92 bits per heavy atom. The molecule has 1 fully saturated rings. The van der Waals surface area contributed by atoms with Gasteiger partial charge in [-0.05, 0) is 57.1 Å². The molecule has 2 atom stereocenters. The van der Waals surface area contributed by atoms with Crippen molar-refractivity contribution in [3.63, 3.8) is 0 Å². The van der Waals surface area contributed by atoms with Gasteiger partial charge in [0.2, 0.25) is 5.91 Å². The molecule has 1 saturated heterocycles. The number of hydrogen-bond donors (Lipinski definition) is 3.